The van der Waals surface area contributed by atoms with Gasteiger partial charge in [0.2, 0.25) is 0 Å². The fourth-order valence-electron chi connectivity index (χ4n) is 1.93. The largest absolute Gasteiger partial charge is 0.0885 e. The van der Waals surface area contributed by atoms with Gasteiger partial charge in [0.15, 0.2) is 0 Å². The first-order valence-electron chi connectivity index (χ1n) is 5.08. The molecule has 0 fully saturated rings. The Labute approximate surface area is 70.7 Å². The molecule has 0 heterocycles. The third-order valence-electron chi connectivity index (χ3n) is 2.59. The van der Waals surface area contributed by atoms with E-state index in [4.69, 9.17) is 0 Å². The lowest BCUT2D eigenvalue weighted by molar-refractivity contribution is 0.403. The molecule has 1 aliphatic rings. The summed E-state index contributed by atoms with van der Waals surface area (Å²) in [6, 6.07) is 0. The minimum atomic E-state index is 1.03. The van der Waals surface area contributed by atoms with Crippen LogP contribution in [-0.2, 0) is 0 Å². The van der Waals surface area contributed by atoms with Crippen molar-refractivity contribution >= 4 is 0 Å². The van der Waals surface area contributed by atoms with E-state index in [-0.39, 0.29) is 0 Å². The van der Waals surface area contributed by atoms with E-state index in [1.165, 1.54) is 44.9 Å². The Kier molecular flexibility index (Phi) is 4.33. The summed E-state index contributed by atoms with van der Waals surface area (Å²) < 4.78 is 0. The molecule has 0 saturated carbocycles. The van der Waals surface area contributed by atoms with Crippen LogP contribution in [0, 0.1) is 5.92 Å². The van der Waals surface area contributed by atoms with Gasteiger partial charge >= 0.3 is 0 Å². The minimum Gasteiger partial charge on any atom is -0.0885 e. The molecule has 1 unspecified atom stereocenters. The summed E-state index contributed by atoms with van der Waals surface area (Å²) in [6.07, 6.45) is 14.5. The van der Waals surface area contributed by atoms with Crippen molar-refractivity contribution in [3.8, 4) is 0 Å². The molecule has 1 atom stereocenters. The van der Waals surface area contributed by atoms with E-state index < -0.39 is 0 Å². The van der Waals surface area contributed by atoms with Crippen LogP contribution in [-0.4, -0.2) is 0 Å². The van der Waals surface area contributed by atoms with E-state index in [0.29, 0.717) is 0 Å². The maximum Gasteiger partial charge on any atom is -0.0348 e. The van der Waals surface area contributed by atoms with Crippen molar-refractivity contribution in [2.24, 2.45) is 5.92 Å². The Morgan fingerprint density at radius 1 is 1.18 bits per heavy atom. The van der Waals surface area contributed by atoms with Crippen LogP contribution >= 0.6 is 0 Å². The molecule has 0 bridgehead atoms. The number of hydrogen-bond acceptors (Lipinski definition) is 0. The van der Waals surface area contributed by atoms with Crippen LogP contribution in [0.3, 0.4) is 0 Å². The molecule has 0 aromatic rings. The second-order valence-corrected chi connectivity index (χ2v) is 3.63. The van der Waals surface area contributed by atoms with E-state index in [1.54, 1.807) is 0 Å². The minimum absolute atomic E-state index is 1.03. The molecular formula is C11H20. The Morgan fingerprint density at radius 3 is 2.82 bits per heavy atom. The molecule has 0 spiro atoms. The van der Waals surface area contributed by atoms with Crippen LogP contribution in [0.4, 0.5) is 0 Å². The fraction of sp³-hybridized carbons (Fsp3) is 0.818. The van der Waals surface area contributed by atoms with Gasteiger partial charge in [0, 0.05) is 0 Å². The highest BCUT2D eigenvalue weighted by atomic mass is 14.1. The Balaban J connectivity index is 2.24. The first kappa shape index (κ1) is 8.83. The Hall–Kier alpha value is -0.260. The predicted octanol–water partition coefficient (Wildman–Crippen LogP) is 3.92. The average molecular weight is 152 g/mol. The van der Waals surface area contributed by atoms with Gasteiger partial charge < -0.3 is 0 Å². The van der Waals surface area contributed by atoms with E-state index >= 15 is 0 Å². The van der Waals surface area contributed by atoms with Crippen molar-refractivity contribution in [2.75, 3.05) is 0 Å². The van der Waals surface area contributed by atoms with E-state index in [9.17, 15) is 0 Å². The molecule has 0 N–H and O–H groups in total. The highest BCUT2D eigenvalue weighted by Crippen LogP contribution is 2.22. The normalized spacial score (nSPS) is 29.0. The van der Waals surface area contributed by atoms with E-state index in [2.05, 4.69) is 19.1 Å². The Morgan fingerprint density at radius 2 is 2.00 bits per heavy atom. The van der Waals surface area contributed by atoms with Crippen LogP contribution in [0.15, 0.2) is 12.2 Å². The molecule has 0 aliphatic heterocycles. The van der Waals surface area contributed by atoms with Crippen LogP contribution in [0.5, 0.6) is 0 Å². The van der Waals surface area contributed by atoms with Crippen molar-refractivity contribution in [1.82, 2.24) is 0 Å². The maximum absolute atomic E-state index is 2.36. The summed E-state index contributed by atoms with van der Waals surface area (Å²) in [5.41, 5.74) is 0. The molecule has 0 aromatic carbocycles. The summed E-state index contributed by atoms with van der Waals surface area (Å²) >= 11 is 0. The summed E-state index contributed by atoms with van der Waals surface area (Å²) in [7, 11) is 0. The smallest absolute Gasteiger partial charge is 0.0348 e. The third kappa shape index (κ3) is 3.60. The van der Waals surface area contributed by atoms with Gasteiger partial charge in [-0.2, -0.15) is 0 Å². The van der Waals surface area contributed by atoms with Gasteiger partial charge in [0.25, 0.3) is 0 Å². The van der Waals surface area contributed by atoms with Gasteiger partial charge in [-0.25, -0.2) is 0 Å². The topological polar surface area (TPSA) is 0 Å². The van der Waals surface area contributed by atoms with Crippen LogP contribution in [0.25, 0.3) is 0 Å². The molecule has 1 aliphatic carbocycles. The SMILES string of the molecule is CCCC1CC/C=C\CCC1. The van der Waals surface area contributed by atoms with Crippen LogP contribution in [0.1, 0.15) is 51.9 Å². The van der Waals surface area contributed by atoms with Crippen molar-refractivity contribution < 1.29 is 0 Å². The zero-order valence-electron chi connectivity index (χ0n) is 7.68. The van der Waals surface area contributed by atoms with Gasteiger partial charge in [0.1, 0.15) is 0 Å². The standard InChI is InChI=1S/C11H20/c1-2-8-11-9-6-4-3-5-7-10-11/h3-4,11H,2,5-10H2,1H3/b4-3-. The molecule has 0 radical (unpaired) electrons. The van der Waals surface area contributed by atoms with Gasteiger partial charge in [-0.15, -0.1) is 0 Å². The summed E-state index contributed by atoms with van der Waals surface area (Å²) in [4.78, 5) is 0. The first-order valence-corrected chi connectivity index (χ1v) is 5.08. The molecule has 0 saturated heterocycles. The van der Waals surface area contributed by atoms with Crippen molar-refractivity contribution in [1.29, 1.82) is 0 Å². The predicted molar refractivity (Wildman–Crippen MR) is 50.6 cm³/mol. The number of rotatable bonds is 2. The highest BCUT2D eigenvalue weighted by Gasteiger charge is 2.07. The van der Waals surface area contributed by atoms with E-state index in [0.717, 1.165) is 5.92 Å². The highest BCUT2D eigenvalue weighted by molar-refractivity contribution is 4.84. The van der Waals surface area contributed by atoms with Gasteiger partial charge in [-0.05, 0) is 31.6 Å². The molecular weight excluding hydrogens is 132 g/mol. The van der Waals surface area contributed by atoms with E-state index in [1.807, 2.05) is 0 Å². The summed E-state index contributed by atoms with van der Waals surface area (Å²) in [5, 5.41) is 0. The summed E-state index contributed by atoms with van der Waals surface area (Å²) in [6.45, 7) is 2.30. The van der Waals surface area contributed by atoms with Crippen LogP contribution in [0.2, 0.25) is 0 Å². The van der Waals surface area contributed by atoms with Crippen molar-refractivity contribution in [2.45, 2.75) is 51.9 Å². The fourth-order valence-corrected chi connectivity index (χ4v) is 1.93. The molecule has 0 amide bonds. The van der Waals surface area contributed by atoms with Gasteiger partial charge in [-0.3, -0.25) is 0 Å². The lowest BCUT2D eigenvalue weighted by atomic mass is 9.91. The Bertz CT molecular complexity index is 113. The molecule has 1 rings (SSSR count). The lowest BCUT2D eigenvalue weighted by Gasteiger charge is -2.15. The number of hydrogen-bond donors (Lipinski definition) is 0. The average Bonchev–Trinajstić information content (AvgIpc) is 1.94. The maximum atomic E-state index is 2.36. The van der Waals surface area contributed by atoms with Crippen molar-refractivity contribution in [3.05, 3.63) is 12.2 Å². The zero-order valence-corrected chi connectivity index (χ0v) is 7.68. The molecule has 11 heavy (non-hydrogen) atoms. The third-order valence-corrected chi connectivity index (χ3v) is 2.59. The molecule has 0 nitrogen and oxygen atoms in total. The second-order valence-electron chi connectivity index (χ2n) is 3.63. The van der Waals surface area contributed by atoms with Gasteiger partial charge in [0.05, 0.1) is 0 Å². The molecule has 0 aromatic heterocycles. The van der Waals surface area contributed by atoms with Crippen LogP contribution < -0.4 is 0 Å². The second kappa shape index (κ2) is 5.40. The van der Waals surface area contributed by atoms with Gasteiger partial charge in [-0.1, -0.05) is 38.3 Å². The molecule has 0 heteroatoms. The summed E-state index contributed by atoms with van der Waals surface area (Å²) in [5.74, 6) is 1.03. The molecule has 64 valence electrons. The number of allylic oxidation sites excluding steroid dienone is 2. The zero-order chi connectivity index (χ0) is 7.94. The lowest BCUT2D eigenvalue weighted by Crippen LogP contribution is -2.00. The quantitative estimate of drug-likeness (QED) is 0.526. The monoisotopic (exact) mass is 152 g/mol. The van der Waals surface area contributed by atoms with Crippen molar-refractivity contribution in [3.63, 3.8) is 0 Å². The first-order chi connectivity index (χ1) is 5.43.